The second-order valence-electron chi connectivity index (χ2n) is 3.05. The molecule has 0 aliphatic carbocycles. The molecule has 0 atom stereocenters. The van der Waals surface area contributed by atoms with Crippen LogP contribution >= 0.6 is 11.8 Å². The van der Waals surface area contributed by atoms with Crippen molar-refractivity contribution >= 4 is 11.8 Å². The second-order valence-corrected chi connectivity index (χ2v) is 4.03. The maximum atomic E-state index is 8.78. The molecule has 0 saturated heterocycles. The van der Waals surface area contributed by atoms with Gasteiger partial charge in [0, 0.05) is 0 Å². The van der Waals surface area contributed by atoms with Crippen molar-refractivity contribution in [1.29, 1.82) is 0 Å². The van der Waals surface area contributed by atoms with Gasteiger partial charge in [0.2, 0.25) is 0 Å². The Hall–Kier alpha value is -0.450. The van der Waals surface area contributed by atoms with Crippen LogP contribution in [0, 0.1) is 0 Å². The molecule has 1 aromatic rings. The van der Waals surface area contributed by atoms with Crippen LogP contribution in [-0.4, -0.2) is 23.7 Å². The first-order valence-electron chi connectivity index (χ1n) is 4.75. The molecule has 0 saturated carbocycles. The Bertz CT molecular complexity index is 250. The number of hydrogen-bond acceptors (Lipinski definition) is 4. The smallest absolute Gasteiger partial charge is 0.129 e. The lowest BCUT2D eigenvalue weighted by Crippen LogP contribution is -2.14. The average molecular weight is 215 g/mol. The fourth-order valence-electron chi connectivity index (χ4n) is 1.16. The zero-order chi connectivity index (χ0) is 10.2. The van der Waals surface area contributed by atoms with Gasteiger partial charge in [-0.25, -0.2) is 0 Å². The number of furan rings is 1. The minimum absolute atomic E-state index is 0.0214. The van der Waals surface area contributed by atoms with Crippen LogP contribution in [0.1, 0.15) is 17.9 Å². The highest BCUT2D eigenvalue weighted by Crippen LogP contribution is 2.07. The lowest BCUT2D eigenvalue weighted by atomic mass is 10.4. The van der Waals surface area contributed by atoms with Gasteiger partial charge >= 0.3 is 0 Å². The maximum Gasteiger partial charge on any atom is 0.129 e. The third-order valence-electron chi connectivity index (χ3n) is 1.87. The predicted octanol–water partition coefficient (Wildman–Crippen LogP) is 1.61. The highest BCUT2D eigenvalue weighted by molar-refractivity contribution is 7.98. The molecule has 0 bridgehead atoms. The fourth-order valence-corrected chi connectivity index (χ4v) is 1.59. The molecule has 1 heterocycles. The van der Waals surface area contributed by atoms with Crippen molar-refractivity contribution in [1.82, 2.24) is 5.32 Å². The molecule has 0 amide bonds. The molecule has 3 nitrogen and oxygen atoms in total. The maximum absolute atomic E-state index is 8.78. The van der Waals surface area contributed by atoms with E-state index in [0.29, 0.717) is 5.76 Å². The van der Waals surface area contributed by atoms with Crippen LogP contribution in [0.3, 0.4) is 0 Å². The summed E-state index contributed by atoms with van der Waals surface area (Å²) in [4.78, 5) is 0. The summed E-state index contributed by atoms with van der Waals surface area (Å²) < 4.78 is 5.32. The van der Waals surface area contributed by atoms with E-state index in [1.165, 1.54) is 12.2 Å². The van der Waals surface area contributed by atoms with E-state index < -0.39 is 0 Å². The first kappa shape index (κ1) is 11.6. The molecular weight excluding hydrogens is 198 g/mol. The van der Waals surface area contributed by atoms with Crippen LogP contribution in [0.25, 0.3) is 0 Å². The van der Waals surface area contributed by atoms with Crippen LogP contribution < -0.4 is 5.32 Å². The zero-order valence-corrected chi connectivity index (χ0v) is 9.27. The van der Waals surface area contributed by atoms with Crippen LogP contribution in [-0.2, 0) is 13.2 Å². The average Bonchev–Trinajstić information content (AvgIpc) is 2.65. The van der Waals surface area contributed by atoms with Gasteiger partial charge in [-0.2, -0.15) is 11.8 Å². The van der Waals surface area contributed by atoms with Crippen molar-refractivity contribution in [2.75, 3.05) is 18.6 Å². The van der Waals surface area contributed by atoms with Gasteiger partial charge < -0.3 is 14.8 Å². The minimum Gasteiger partial charge on any atom is -0.462 e. The van der Waals surface area contributed by atoms with Crippen LogP contribution in [0.5, 0.6) is 0 Å². The third-order valence-corrected chi connectivity index (χ3v) is 2.57. The topological polar surface area (TPSA) is 45.4 Å². The molecular formula is C10H17NO2S. The highest BCUT2D eigenvalue weighted by atomic mass is 32.2. The second kappa shape index (κ2) is 6.92. The molecule has 1 aromatic heterocycles. The van der Waals surface area contributed by atoms with Crippen molar-refractivity contribution in [3.63, 3.8) is 0 Å². The summed E-state index contributed by atoms with van der Waals surface area (Å²) in [6.45, 7) is 1.73. The van der Waals surface area contributed by atoms with Crippen molar-refractivity contribution in [3.05, 3.63) is 23.7 Å². The first-order chi connectivity index (χ1) is 6.86. The molecule has 4 heteroatoms. The Morgan fingerprint density at radius 3 is 2.86 bits per heavy atom. The number of nitrogens with one attached hydrogen (secondary N) is 1. The van der Waals surface area contributed by atoms with Gasteiger partial charge in [-0.05, 0) is 37.1 Å². The Morgan fingerprint density at radius 1 is 1.43 bits per heavy atom. The summed E-state index contributed by atoms with van der Waals surface area (Å²) in [5.41, 5.74) is 0. The summed E-state index contributed by atoms with van der Waals surface area (Å²) in [7, 11) is 0. The van der Waals surface area contributed by atoms with Gasteiger partial charge in [0.05, 0.1) is 6.54 Å². The van der Waals surface area contributed by atoms with Crippen molar-refractivity contribution < 1.29 is 9.52 Å². The number of thioether (sulfide) groups is 1. The molecule has 0 aliphatic rings. The fraction of sp³-hybridized carbons (Fsp3) is 0.600. The van der Waals surface area contributed by atoms with Gasteiger partial charge in [-0.15, -0.1) is 0 Å². The Kier molecular flexibility index (Phi) is 5.75. The van der Waals surface area contributed by atoms with Crippen LogP contribution in [0.15, 0.2) is 16.5 Å². The minimum atomic E-state index is -0.0214. The van der Waals surface area contributed by atoms with Gasteiger partial charge in [-0.1, -0.05) is 0 Å². The lowest BCUT2D eigenvalue weighted by molar-refractivity contribution is 0.243. The normalized spacial score (nSPS) is 10.7. The predicted molar refractivity (Wildman–Crippen MR) is 59.3 cm³/mol. The number of aliphatic hydroxyl groups is 1. The van der Waals surface area contributed by atoms with Crippen LogP contribution in [0.2, 0.25) is 0 Å². The zero-order valence-electron chi connectivity index (χ0n) is 8.45. The standard InChI is InChI=1S/C10H17NO2S/c1-14-6-2-5-11-7-9-3-4-10(8-12)13-9/h3-4,11-12H,2,5-8H2,1H3. The Labute approximate surface area is 88.9 Å². The molecule has 0 fully saturated rings. The summed E-state index contributed by atoms with van der Waals surface area (Å²) in [5, 5.41) is 12.1. The molecule has 0 unspecified atom stereocenters. The molecule has 0 aromatic carbocycles. The Balaban J connectivity index is 2.12. The largest absolute Gasteiger partial charge is 0.462 e. The van der Waals surface area contributed by atoms with Crippen molar-refractivity contribution in [2.24, 2.45) is 0 Å². The molecule has 80 valence electrons. The van der Waals surface area contributed by atoms with Crippen molar-refractivity contribution in [2.45, 2.75) is 19.6 Å². The molecule has 0 radical (unpaired) electrons. The third kappa shape index (κ3) is 4.17. The van der Waals surface area contributed by atoms with Gasteiger partial charge in [0.1, 0.15) is 18.1 Å². The Morgan fingerprint density at radius 2 is 2.21 bits per heavy atom. The lowest BCUT2D eigenvalue weighted by Gasteiger charge is -2.00. The van der Waals surface area contributed by atoms with Gasteiger partial charge in [0.25, 0.3) is 0 Å². The van der Waals surface area contributed by atoms with Crippen LogP contribution in [0.4, 0.5) is 0 Å². The van der Waals surface area contributed by atoms with Gasteiger partial charge in [0.15, 0.2) is 0 Å². The monoisotopic (exact) mass is 215 g/mol. The van der Waals surface area contributed by atoms with Crippen molar-refractivity contribution in [3.8, 4) is 0 Å². The summed E-state index contributed by atoms with van der Waals surface area (Å²) in [5.74, 6) is 2.71. The summed E-state index contributed by atoms with van der Waals surface area (Å²) in [6, 6.07) is 3.70. The summed E-state index contributed by atoms with van der Waals surface area (Å²) in [6.07, 6.45) is 3.29. The van der Waals surface area contributed by atoms with E-state index >= 15 is 0 Å². The quantitative estimate of drug-likeness (QED) is 0.678. The number of aliphatic hydroxyl groups excluding tert-OH is 1. The molecule has 0 aliphatic heterocycles. The van der Waals surface area contributed by atoms with E-state index in [9.17, 15) is 0 Å². The van der Waals surface area contributed by atoms with E-state index in [1.54, 1.807) is 6.07 Å². The first-order valence-corrected chi connectivity index (χ1v) is 6.14. The van der Waals surface area contributed by atoms with E-state index in [1.807, 2.05) is 17.8 Å². The van der Waals surface area contributed by atoms with E-state index in [-0.39, 0.29) is 6.61 Å². The molecule has 14 heavy (non-hydrogen) atoms. The van der Waals surface area contributed by atoms with E-state index in [0.717, 1.165) is 18.8 Å². The summed E-state index contributed by atoms with van der Waals surface area (Å²) >= 11 is 1.86. The molecule has 0 spiro atoms. The number of rotatable bonds is 7. The highest BCUT2D eigenvalue weighted by Gasteiger charge is 1.99. The van der Waals surface area contributed by atoms with E-state index in [2.05, 4.69) is 11.6 Å². The van der Waals surface area contributed by atoms with Gasteiger partial charge in [-0.3, -0.25) is 0 Å². The molecule has 2 N–H and O–H groups in total. The SMILES string of the molecule is CSCCCNCc1ccc(CO)o1. The molecule has 1 rings (SSSR count). The van der Waals surface area contributed by atoms with E-state index in [4.69, 9.17) is 9.52 Å². The number of hydrogen-bond donors (Lipinski definition) is 2.